The van der Waals surface area contributed by atoms with Crippen LogP contribution in [0.3, 0.4) is 0 Å². The van der Waals surface area contributed by atoms with E-state index in [-0.39, 0.29) is 29.2 Å². The number of nitrogens with zero attached hydrogens (tertiary/aromatic N) is 5. The highest BCUT2D eigenvalue weighted by molar-refractivity contribution is 6.30. The molecule has 2 atom stereocenters. The van der Waals surface area contributed by atoms with Crippen molar-refractivity contribution >= 4 is 29.4 Å². The van der Waals surface area contributed by atoms with Crippen LogP contribution < -0.4 is 4.90 Å². The first kappa shape index (κ1) is 19.3. The summed E-state index contributed by atoms with van der Waals surface area (Å²) in [4.78, 5) is 40.7. The summed E-state index contributed by atoms with van der Waals surface area (Å²) < 4.78 is 0. The van der Waals surface area contributed by atoms with Crippen LogP contribution in [-0.2, 0) is 4.79 Å². The van der Waals surface area contributed by atoms with Gasteiger partial charge < -0.3 is 14.7 Å². The molecule has 1 spiro atoms. The molecular formula is C22H24ClN5O2. The summed E-state index contributed by atoms with van der Waals surface area (Å²) in [7, 11) is 1.93. The van der Waals surface area contributed by atoms with Crippen LogP contribution in [0.4, 0.5) is 5.95 Å². The molecule has 0 unspecified atom stereocenters. The van der Waals surface area contributed by atoms with Gasteiger partial charge in [0.05, 0.1) is 11.5 Å². The van der Waals surface area contributed by atoms with E-state index < -0.39 is 0 Å². The molecule has 3 fully saturated rings. The third-order valence-corrected chi connectivity index (χ3v) is 7.42. The first-order valence-electron chi connectivity index (χ1n) is 10.3. The Morgan fingerprint density at radius 3 is 2.43 bits per heavy atom. The molecular weight excluding hydrogens is 402 g/mol. The van der Waals surface area contributed by atoms with Crippen molar-refractivity contribution < 1.29 is 9.59 Å². The van der Waals surface area contributed by atoms with Crippen molar-refractivity contribution in [3.05, 3.63) is 53.3 Å². The highest BCUT2D eigenvalue weighted by Gasteiger charge is 2.60. The number of carbonyl (C=O) groups is 2. The Balaban J connectivity index is 1.33. The number of amides is 2. The summed E-state index contributed by atoms with van der Waals surface area (Å²) >= 11 is 5.95. The molecule has 3 saturated heterocycles. The Bertz CT molecular complexity index is 959. The zero-order chi connectivity index (χ0) is 20.9. The maximum atomic E-state index is 13.1. The molecule has 0 aliphatic carbocycles. The van der Waals surface area contributed by atoms with Gasteiger partial charge in [-0.05, 0) is 43.2 Å². The number of benzene rings is 1. The van der Waals surface area contributed by atoms with Gasteiger partial charge in [0.2, 0.25) is 11.9 Å². The molecule has 156 valence electrons. The number of fused-ring (bicyclic) bond motifs is 2. The summed E-state index contributed by atoms with van der Waals surface area (Å²) in [6.45, 7) is 2.72. The largest absolute Gasteiger partial charge is 0.340 e. The van der Waals surface area contributed by atoms with Gasteiger partial charge in [-0.25, -0.2) is 9.97 Å². The fourth-order valence-corrected chi connectivity index (χ4v) is 5.64. The molecule has 0 radical (unpaired) electrons. The van der Waals surface area contributed by atoms with E-state index in [1.807, 2.05) is 16.8 Å². The molecule has 1 aromatic carbocycles. The molecule has 0 bridgehead atoms. The van der Waals surface area contributed by atoms with Crippen molar-refractivity contribution in [2.45, 2.75) is 18.4 Å². The minimum absolute atomic E-state index is 0.0239. The van der Waals surface area contributed by atoms with Crippen LogP contribution in [0.5, 0.6) is 0 Å². The van der Waals surface area contributed by atoms with E-state index in [0.29, 0.717) is 36.2 Å². The van der Waals surface area contributed by atoms with Crippen LogP contribution >= 0.6 is 11.6 Å². The summed E-state index contributed by atoms with van der Waals surface area (Å²) in [5.74, 6) is 1.11. The van der Waals surface area contributed by atoms with Crippen LogP contribution in [0.1, 0.15) is 23.2 Å². The van der Waals surface area contributed by atoms with E-state index in [1.54, 1.807) is 42.7 Å². The van der Waals surface area contributed by atoms with Gasteiger partial charge in [0.25, 0.3) is 5.91 Å². The number of hydrogen-bond donors (Lipinski definition) is 0. The fraction of sp³-hybridized carbons (Fsp3) is 0.455. The normalized spacial score (nSPS) is 25.1. The lowest BCUT2D eigenvalue weighted by atomic mass is 9.75. The smallest absolute Gasteiger partial charge is 0.253 e. The summed E-state index contributed by atoms with van der Waals surface area (Å²) in [6.07, 6.45) is 5.06. The van der Waals surface area contributed by atoms with Gasteiger partial charge in [-0.1, -0.05) is 11.6 Å². The number of halogens is 1. The van der Waals surface area contributed by atoms with Crippen LogP contribution in [0.2, 0.25) is 5.02 Å². The maximum Gasteiger partial charge on any atom is 0.253 e. The van der Waals surface area contributed by atoms with Crippen molar-refractivity contribution in [1.29, 1.82) is 0 Å². The molecule has 8 heteroatoms. The number of anilines is 1. The van der Waals surface area contributed by atoms with Gasteiger partial charge in [0.1, 0.15) is 0 Å². The van der Waals surface area contributed by atoms with Gasteiger partial charge in [0.15, 0.2) is 0 Å². The number of carbonyl (C=O) groups excluding carboxylic acids is 2. The first-order chi connectivity index (χ1) is 14.5. The van der Waals surface area contributed by atoms with Gasteiger partial charge in [-0.15, -0.1) is 0 Å². The quantitative estimate of drug-likeness (QED) is 0.738. The van der Waals surface area contributed by atoms with Crippen molar-refractivity contribution in [3.8, 4) is 0 Å². The second-order valence-electron chi connectivity index (χ2n) is 8.47. The topological polar surface area (TPSA) is 69.6 Å². The second-order valence-corrected chi connectivity index (χ2v) is 8.90. The minimum Gasteiger partial charge on any atom is -0.340 e. The molecule has 4 heterocycles. The number of likely N-dealkylation sites (tertiary alicyclic amines) is 2. The molecule has 7 nitrogen and oxygen atoms in total. The van der Waals surface area contributed by atoms with Gasteiger partial charge >= 0.3 is 0 Å². The highest BCUT2D eigenvalue weighted by atomic mass is 35.5. The average Bonchev–Trinajstić information content (AvgIpc) is 3.31. The molecule has 30 heavy (non-hydrogen) atoms. The molecule has 2 amide bonds. The number of piperidine rings is 1. The number of aromatic nitrogens is 2. The van der Waals surface area contributed by atoms with Crippen LogP contribution in [0.25, 0.3) is 0 Å². The molecule has 1 aromatic heterocycles. The van der Waals surface area contributed by atoms with E-state index in [9.17, 15) is 9.59 Å². The Morgan fingerprint density at radius 2 is 1.77 bits per heavy atom. The Labute approximate surface area is 180 Å². The SMILES string of the molecule is CN1C(=O)[C@@H]2CN(c3ncccn3)C[C@@H]2C12CCN(C(=O)c1ccc(Cl)cc1)CC2. The van der Waals surface area contributed by atoms with Crippen LogP contribution in [-0.4, -0.2) is 70.3 Å². The molecule has 3 aliphatic heterocycles. The predicted molar refractivity (Wildman–Crippen MR) is 113 cm³/mol. The zero-order valence-electron chi connectivity index (χ0n) is 16.9. The van der Waals surface area contributed by atoms with E-state index >= 15 is 0 Å². The first-order valence-corrected chi connectivity index (χ1v) is 10.7. The lowest BCUT2D eigenvalue weighted by Gasteiger charge is -2.46. The minimum atomic E-state index is -0.206. The molecule has 2 aromatic rings. The summed E-state index contributed by atoms with van der Waals surface area (Å²) in [5.41, 5.74) is 0.444. The maximum absolute atomic E-state index is 13.1. The average molecular weight is 426 g/mol. The highest BCUT2D eigenvalue weighted by Crippen LogP contribution is 2.49. The van der Waals surface area contributed by atoms with Crippen molar-refractivity contribution in [2.24, 2.45) is 11.8 Å². The number of rotatable bonds is 2. The lowest BCUT2D eigenvalue weighted by Crippen LogP contribution is -2.56. The van der Waals surface area contributed by atoms with Gasteiger partial charge in [-0.3, -0.25) is 9.59 Å². The molecule has 5 rings (SSSR count). The summed E-state index contributed by atoms with van der Waals surface area (Å²) in [5, 5.41) is 0.620. The Hall–Kier alpha value is -2.67. The lowest BCUT2D eigenvalue weighted by molar-refractivity contribution is -0.133. The van der Waals surface area contributed by atoms with Crippen molar-refractivity contribution in [3.63, 3.8) is 0 Å². The summed E-state index contributed by atoms with van der Waals surface area (Å²) in [6, 6.07) is 8.82. The third kappa shape index (κ3) is 2.95. The zero-order valence-corrected chi connectivity index (χ0v) is 17.6. The van der Waals surface area contributed by atoms with E-state index in [0.717, 1.165) is 19.4 Å². The molecule has 3 aliphatic rings. The third-order valence-electron chi connectivity index (χ3n) is 7.17. The standard InChI is InChI=1S/C22H24ClN5O2/c1-26-20(30)17-13-28(21-24-9-2-10-25-21)14-18(17)22(26)7-11-27(12-8-22)19(29)15-3-5-16(23)6-4-15/h2-6,9-10,17-18H,7-8,11-14H2,1H3/t17-,18+/m1/s1. The molecule has 0 saturated carbocycles. The van der Waals surface area contributed by atoms with E-state index in [4.69, 9.17) is 11.6 Å². The van der Waals surface area contributed by atoms with E-state index in [1.165, 1.54) is 0 Å². The van der Waals surface area contributed by atoms with Gasteiger partial charge in [-0.2, -0.15) is 0 Å². The van der Waals surface area contributed by atoms with Crippen LogP contribution in [0, 0.1) is 11.8 Å². The van der Waals surface area contributed by atoms with Crippen molar-refractivity contribution in [2.75, 3.05) is 38.1 Å². The fourth-order valence-electron chi connectivity index (χ4n) is 5.51. The Morgan fingerprint density at radius 1 is 1.10 bits per heavy atom. The molecule has 0 N–H and O–H groups in total. The van der Waals surface area contributed by atoms with Gasteiger partial charge in [0, 0.05) is 62.1 Å². The second kappa shape index (κ2) is 7.23. The predicted octanol–water partition coefficient (Wildman–Crippen LogP) is 2.33. The Kier molecular flexibility index (Phi) is 4.65. The van der Waals surface area contributed by atoms with Crippen molar-refractivity contribution in [1.82, 2.24) is 19.8 Å². The van der Waals surface area contributed by atoms with E-state index in [2.05, 4.69) is 14.9 Å². The number of hydrogen-bond acceptors (Lipinski definition) is 5. The van der Waals surface area contributed by atoms with Crippen LogP contribution in [0.15, 0.2) is 42.7 Å². The monoisotopic (exact) mass is 425 g/mol.